The third kappa shape index (κ3) is 3.05. The van der Waals surface area contributed by atoms with Crippen molar-refractivity contribution in [3.05, 3.63) is 53.1 Å². The summed E-state index contributed by atoms with van der Waals surface area (Å²) < 4.78 is 5.26. The summed E-state index contributed by atoms with van der Waals surface area (Å²) in [4.78, 5) is 19.5. The topological polar surface area (TPSA) is 36.0 Å². The van der Waals surface area contributed by atoms with Crippen LogP contribution in [0.3, 0.4) is 0 Å². The molecule has 2 aromatic rings. The quantitative estimate of drug-likeness (QED) is 0.799. The normalized spacial score (nSPS) is 22.2. The lowest BCUT2D eigenvalue weighted by Gasteiger charge is -2.30. The van der Waals surface area contributed by atoms with Crippen molar-refractivity contribution in [1.29, 1.82) is 0 Å². The zero-order valence-corrected chi connectivity index (χ0v) is 16.6. The third-order valence-electron chi connectivity index (χ3n) is 5.50. The first-order valence-electron chi connectivity index (χ1n) is 9.21. The van der Waals surface area contributed by atoms with E-state index >= 15 is 0 Å². The highest BCUT2D eigenvalue weighted by Gasteiger charge is 2.49. The van der Waals surface area contributed by atoms with Gasteiger partial charge in [-0.15, -0.1) is 0 Å². The molecule has 2 saturated heterocycles. The van der Waals surface area contributed by atoms with Crippen LogP contribution in [0.2, 0.25) is 5.02 Å². The number of methoxy groups -OCH3 is 1. The number of hydrogen-bond acceptors (Lipinski definition) is 4. The molecule has 27 heavy (non-hydrogen) atoms. The van der Waals surface area contributed by atoms with Gasteiger partial charge >= 0.3 is 0 Å². The Hall–Kier alpha value is -2.24. The lowest BCUT2D eigenvalue weighted by atomic mass is 10.1. The minimum absolute atomic E-state index is 0.0515. The molecular weight excluding hydrogens is 362 g/mol. The Morgan fingerprint density at radius 3 is 2.52 bits per heavy atom. The summed E-state index contributed by atoms with van der Waals surface area (Å²) in [5, 5.41) is 0.511. The highest BCUT2D eigenvalue weighted by atomic mass is 35.5. The molecule has 2 unspecified atom stereocenters. The second-order valence-electron chi connectivity index (χ2n) is 7.28. The minimum Gasteiger partial charge on any atom is -0.495 e. The van der Waals surface area contributed by atoms with Gasteiger partial charge in [-0.25, -0.2) is 0 Å². The SMILES string of the molecule is COc1ccc(N2C(=O)C3CCCN3C2c2ccc(N(C)C)cc2)cc1Cl. The maximum atomic E-state index is 13.2. The average Bonchev–Trinajstić information content (AvgIpc) is 3.24. The smallest absolute Gasteiger partial charge is 0.246 e. The maximum absolute atomic E-state index is 13.2. The number of halogens is 1. The van der Waals surface area contributed by atoms with Gasteiger partial charge in [0.25, 0.3) is 0 Å². The van der Waals surface area contributed by atoms with Crippen molar-refractivity contribution in [2.45, 2.75) is 25.0 Å². The standard InChI is InChI=1S/C21H24ClN3O2/c1-23(2)15-8-6-14(7-9-15)20-24-12-4-5-18(24)21(26)25(20)16-10-11-19(27-3)17(22)13-16/h6-11,13,18,20H,4-5,12H2,1-3H3. The van der Waals surface area contributed by atoms with Crippen molar-refractivity contribution < 1.29 is 9.53 Å². The van der Waals surface area contributed by atoms with Gasteiger partial charge in [0.2, 0.25) is 5.91 Å². The number of benzene rings is 2. The van der Waals surface area contributed by atoms with Gasteiger partial charge < -0.3 is 9.64 Å². The van der Waals surface area contributed by atoms with Crippen LogP contribution in [0.25, 0.3) is 0 Å². The van der Waals surface area contributed by atoms with Crippen LogP contribution in [0, 0.1) is 0 Å². The summed E-state index contributed by atoms with van der Waals surface area (Å²) >= 11 is 6.34. The number of rotatable bonds is 4. The molecule has 0 saturated carbocycles. The van der Waals surface area contributed by atoms with Crippen LogP contribution in [-0.2, 0) is 4.79 Å². The van der Waals surface area contributed by atoms with Crippen LogP contribution >= 0.6 is 11.6 Å². The molecule has 2 aromatic carbocycles. The van der Waals surface area contributed by atoms with E-state index in [-0.39, 0.29) is 18.1 Å². The molecule has 0 radical (unpaired) electrons. The van der Waals surface area contributed by atoms with Gasteiger partial charge in [0.05, 0.1) is 18.2 Å². The van der Waals surface area contributed by atoms with Crippen molar-refractivity contribution in [2.24, 2.45) is 0 Å². The molecule has 0 N–H and O–H groups in total. The van der Waals surface area contributed by atoms with Crippen LogP contribution in [-0.4, -0.2) is 44.6 Å². The first-order chi connectivity index (χ1) is 13.0. The van der Waals surface area contributed by atoms with E-state index in [2.05, 4.69) is 34.1 Å². The molecule has 6 heteroatoms. The fourth-order valence-electron chi connectivity index (χ4n) is 4.14. The highest BCUT2D eigenvalue weighted by molar-refractivity contribution is 6.32. The van der Waals surface area contributed by atoms with Crippen LogP contribution in [0.1, 0.15) is 24.6 Å². The van der Waals surface area contributed by atoms with E-state index < -0.39 is 0 Å². The summed E-state index contributed by atoms with van der Waals surface area (Å²) in [7, 11) is 5.64. The van der Waals surface area contributed by atoms with Crippen molar-refractivity contribution in [3.63, 3.8) is 0 Å². The largest absolute Gasteiger partial charge is 0.495 e. The second kappa shape index (κ2) is 7.06. The van der Waals surface area contributed by atoms with E-state index in [0.717, 1.165) is 36.3 Å². The molecular formula is C21H24ClN3O2. The number of carbonyl (C=O) groups excluding carboxylic acids is 1. The summed E-state index contributed by atoms with van der Waals surface area (Å²) in [6.45, 7) is 0.927. The maximum Gasteiger partial charge on any atom is 0.246 e. The molecule has 0 aromatic heterocycles. The highest BCUT2D eigenvalue weighted by Crippen LogP contribution is 2.43. The summed E-state index contributed by atoms with van der Waals surface area (Å²) in [6, 6.07) is 13.9. The third-order valence-corrected chi connectivity index (χ3v) is 5.79. The number of fused-ring (bicyclic) bond motifs is 1. The Bertz CT molecular complexity index is 853. The van der Waals surface area contributed by atoms with Gasteiger partial charge in [0.15, 0.2) is 0 Å². The monoisotopic (exact) mass is 385 g/mol. The number of hydrogen-bond donors (Lipinski definition) is 0. The average molecular weight is 386 g/mol. The van der Waals surface area contributed by atoms with E-state index in [1.54, 1.807) is 7.11 Å². The Labute approximate surface area is 165 Å². The van der Waals surface area contributed by atoms with Crippen molar-refractivity contribution in [2.75, 3.05) is 37.5 Å². The lowest BCUT2D eigenvalue weighted by Crippen LogP contribution is -2.32. The molecule has 0 aliphatic carbocycles. The van der Waals surface area contributed by atoms with Gasteiger partial charge in [-0.3, -0.25) is 14.6 Å². The summed E-state index contributed by atoms with van der Waals surface area (Å²) in [5.74, 6) is 0.759. The molecule has 2 atom stereocenters. The molecule has 142 valence electrons. The minimum atomic E-state index is -0.106. The van der Waals surface area contributed by atoms with E-state index in [4.69, 9.17) is 16.3 Å². The van der Waals surface area contributed by atoms with Crippen LogP contribution in [0.5, 0.6) is 5.75 Å². The van der Waals surface area contributed by atoms with Gasteiger partial charge in [0.1, 0.15) is 11.9 Å². The van der Waals surface area contributed by atoms with E-state index in [1.165, 1.54) is 0 Å². The predicted molar refractivity (Wildman–Crippen MR) is 109 cm³/mol. The van der Waals surface area contributed by atoms with Crippen molar-refractivity contribution in [1.82, 2.24) is 4.90 Å². The fourth-order valence-corrected chi connectivity index (χ4v) is 4.39. The molecule has 4 rings (SSSR count). The number of anilines is 2. The van der Waals surface area contributed by atoms with Gasteiger partial charge in [0, 0.05) is 32.0 Å². The molecule has 5 nitrogen and oxygen atoms in total. The van der Waals surface area contributed by atoms with Crippen LogP contribution < -0.4 is 14.5 Å². The number of carbonyl (C=O) groups is 1. The fraction of sp³-hybridized carbons (Fsp3) is 0.381. The van der Waals surface area contributed by atoms with E-state index in [0.29, 0.717) is 10.8 Å². The number of amides is 1. The van der Waals surface area contributed by atoms with E-state index in [9.17, 15) is 4.79 Å². The van der Waals surface area contributed by atoms with Crippen LogP contribution in [0.4, 0.5) is 11.4 Å². The lowest BCUT2D eigenvalue weighted by molar-refractivity contribution is -0.119. The zero-order chi connectivity index (χ0) is 19.1. The Balaban J connectivity index is 1.76. The molecule has 2 aliphatic rings. The second-order valence-corrected chi connectivity index (χ2v) is 7.69. The van der Waals surface area contributed by atoms with Crippen molar-refractivity contribution in [3.8, 4) is 5.75 Å². The van der Waals surface area contributed by atoms with Crippen molar-refractivity contribution >= 4 is 28.9 Å². The van der Waals surface area contributed by atoms with Gasteiger partial charge in [-0.05, 0) is 48.7 Å². The molecule has 0 spiro atoms. The van der Waals surface area contributed by atoms with Crippen LogP contribution in [0.15, 0.2) is 42.5 Å². The summed E-state index contributed by atoms with van der Waals surface area (Å²) in [5.41, 5.74) is 3.06. The summed E-state index contributed by atoms with van der Waals surface area (Å²) in [6.07, 6.45) is 1.86. The first-order valence-corrected chi connectivity index (χ1v) is 9.58. The molecule has 2 aliphatic heterocycles. The molecule has 2 fully saturated rings. The Morgan fingerprint density at radius 2 is 1.89 bits per heavy atom. The molecule has 1 amide bonds. The number of nitrogens with zero attached hydrogens (tertiary/aromatic N) is 3. The van der Waals surface area contributed by atoms with E-state index in [1.807, 2.05) is 37.2 Å². The molecule has 2 heterocycles. The number of ether oxygens (including phenoxy) is 1. The zero-order valence-electron chi connectivity index (χ0n) is 15.9. The van der Waals surface area contributed by atoms with Gasteiger partial charge in [-0.1, -0.05) is 23.7 Å². The predicted octanol–water partition coefficient (Wildman–Crippen LogP) is 3.92. The first kappa shape index (κ1) is 18.1. The Kier molecular flexibility index (Phi) is 4.74. The molecule has 0 bridgehead atoms. The Morgan fingerprint density at radius 1 is 1.15 bits per heavy atom. The van der Waals surface area contributed by atoms with Gasteiger partial charge in [-0.2, -0.15) is 0 Å².